The largest absolute Gasteiger partial charge is 0.480 e. The fourth-order valence-electron chi connectivity index (χ4n) is 7.65. The molecular weight excluding hydrogens is 929 g/mol. The van der Waals surface area contributed by atoms with Crippen molar-refractivity contribution >= 4 is 70.0 Å². The van der Waals surface area contributed by atoms with Crippen molar-refractivity contribution < 1.29 is 72.3 Å². The van der Waals surface area contributed by atoms with Gasteiger partial charge in [-0.1, -0.05) is 18.2 Å². The summed E-state index contributed by atoms with van der Waals surface area (Å²) >= 11 is 0.918. The zero-order valence-electron chi connectivity index (χ0n) is 39.7. The highest BCUT2D eigenvalue weighted by molar-refractivity contribution is 8.14. The van der Waals surface area contributed by atoms with E-state index in [1.807, 2.05) is 0 Å². The summed E-state index contributed by atoms with van der Waals surface area (Å²) in [5, 5.41) is 42.8. The molecule has 2 aliphatic rings. The number of likely N-dealkylation sites (tertiary alicyclic amines) is 1. The highest BCUT2D eigenvalue weighted by atomic mass is 32.2. The number of carbonyl (C=O) groups excluding carboxylic acids is 8. The number of hydrogen-bond acceptors (Lipinski definition) is 17. The van der Waals surface area contributed by atoms with Crippen molar-refractivity contribution in [3.05, 3.63) is 0 Å². The third-order valence-electron chi connectivity index (χ3n) is 11.1. The second-order valence-corrected chi connectivity index (χ2v) is 17.7. The van der Waals surface area contributed by atoms with Gasteiger partial charge in [-0.05, 0) is 71.3 Å². The minimum Gasteiger partial charge on any atom is -0.480 e. The van der Waals surface area contributed by atoms with Crippen molar-refractivity contribution in [2.24, 2.45) is 23.3 Å². The fourth-order valence-corrected chi connectivity index (χ4v) is 8.09. The zero-order chi connectivity index (χ0) is 51.1. The minimum absolute atomic E-state index is 0.0131. The Morgan fingerprint density at radius 1 is 0.725 bits per heavy atom. The first-order chi connectivity index (χ1) is 33.0. The summed E-state index contributed by atoms with van der Waals surface area (Å²) in [5.74, 6) is -6.62. The highest BCUT2D eigenvalue weighted by Crippen LogP contribution is 2.36. The second kappa shape index (κ2) is 34.3. The molecule has 1 aliphatic carbocycles. The van der Waals surface area contributed by atoms with Crippen molar-refractivity contribution in [2.75, 3.05) is 91.3 Å². The number of hydrogen-bond donors (Lipinski definition) is 11. The van der Waals surface area contributed by atoms with Crippen LogP contribution in [0.4, 0.5) is 0 Å². The number of aliphatic hydroxyl groups excluding tert-OH is 1. The average molecular weight is 1000 g/mol. The Balaban J connectivity index is 1.81. The number of ether oxygens (including phenoxy) is 4. The molecule has 1 saturated heterocycles. The number of rotatable bonds is 36. The quantitative estimate of drug-likeness (QED) is 0.0168. The van der Waals surface area contributed by atoms with Gasteiger partial charge in [0.25, 0.3) is 0 Å². The molecule has 6 amide bonds. The maximum absolute atomic E-state index is 14.2. The van der Waals surface area contributed by atoms with E-state index in [2.05, 4.69) is 31.9 Å². The van der Waals surface area contributed by atoms with Crippen LogP contribution in [-0.2, 0) is 62.1 Å². The molecule has 0 radical (unpaired) electrons. The first-order valence-corrected chi connectivity index (χ1v) is 24.4. The molecule has 25 nitrogen and oxygen atoms in total. The summed E-state index contributed by atoms with van der Waals surface area (Å²) in [5.41, 5.74) is 11.0. The number of carbonyl (C=O) groups is 9. The third-order valence-corrected chi connectivity index (χ3v) is 11.9. The van der Waals surface area contributed by atoms with Crippen molar-refractivity contribution in [3.63, 3.8) is 0 Å². The standard InChI is InChI=1S/C43H74N10O15S/c1-27(54)37(52-35(57)25-68-23-21-65-18-15-47-34(56)24-67-22-20-66-19-16-48-36(58)26-69-28(2)55)40(61)50-31(10-3-4-13-44)41(62)53-17-7-12-33(53)38(59)29-8-5-9-30(29)39(60)51-32(42(63)64)11-6-14-49-43(45)46/h27,29-33,37,54H,3-26,44H2,1-2H3,(H,47,56)(H,48,58)(H,50,61)(H,51,60)(H,52,57)(H,63,64)(H4,45,46,49)/t27-,29?,30-,31+,32+,33+,37+/m1/s1. The first-order valence-electron chi connectivity index (χ1n) is 23.4. The summed E-state index contributed by atoms with van der Waals surface area (Å²) in [4.78, 5) is 116. The maximum Gasteiger partial charge on any atom is 0.326 e. The lowest BCUT2D eigenvalue weighted by Crippen LogP contribution is -2.58. The number of unbranched alkanes of at least 4 members (excludes halogenated alkanes) is 1. The number of Topliss-reactive ketones (excluding diaryl/α,β-unsaturated/α-hetero) is 1. The molecule has 0 aromatic carbocycles. The predicted octanol–water partition coefficient (Wildman–Crippen LogP) is -3.15. The van der Waals surface area contributed by atoms with Crippen LogP contribution >= 0.6 is 11.8 Å². The molecule has 26 heteroatoms. The number of nitrogens with zero attached hydrogens (tertiary/aromatic N) is 1. The molecule has 2 fully saturated rings. The van der Waals surface area contributed by atoms with Gasteiger partial charge < -0.3 is 77.4 Å². The van der Waals surface area contributed by atoms with Gasteiger partial charge in [-0.3, -0.25) is 43.8 Å². The molecule has 7 atom stereocenters. The molecule has 0 spiro atoms. The van der Waals surface area contributed by atoms with Crippen LogP contribution in [-0.4, -0.2) is 195 Å². The molecule has 1 saturated carbocycles. The Bertz CT molecular complexity index is 1700. The van der Waals surface area contributed by atoms with Crippen molar-refractivity contribution in [1.82, 2.24) is 36.8 Å². The van der Waals surface area contributed by atoms with E-state index >= 15 is 0 Å². The fraction of sp³-hybridized carbons (Fsp3) is 0.767. The number of guanidine groups is 1. The van der Waals surface area contributed by atoms with E-state index in [9.17, 15) is 53.4 Å². The monoisotopic (exact) mass is 1000 g/mol. The van der Waals surface area contributed by atoms with Gasteiger partial charge in [-0.2, -0.15) is 0 Å². The normalized spacial score (nSPS) is 18.3. The van der Waals surface area contributed by atoms with E-state index in [-0.39, 0.29) is 120 Å². The Hall–Kier alpha value is -4.99. The number of nitrogens with two attached hydrogens (primary N) is 2. The molecule has 1 heterocycles. The lowest BCUT2D eigenvalue weighted by Gasteiger charge is -2.32. The smallest absolute Gasteiger partial charge is 0.326 e. The number of aliphatic carboxylic acids is 1. The predicted molar refractivity (Wildman–Crippen MR) is 250 cm³/mol. The van der Waals surface area contributed by atoms with E-state index in [1.165, 1.54) is 18.7 Å². The van der Waals surface area contributed by atoms with Gasteiger partial charge >= 0.3 is 5.97 Å². The summed E-state index contributed by atoms with van der Waals surface area (Å²) < 4.78 is 21.3. The van der Waals surface area contributed by atoms with Gasteiger partial charge in [0.05, 0.1) is 57.5 Å². The van der Waals surface area contributed by atoms with E-state index in [0.29, 0.717) is 57.9 Å². The number of ketones is 1. The van der Waals surface area contributed by atoms with E-state index < -0.39 is 78.3 Å². The maximum atomic E-state index is 14.2. The van der Waals surface area contributed by atoms with Crippen molar-refractivity contribution in [3.8, 4) is 0 Å². The van der Waals surface area contributed by atoms with Crippen molar-refractivity contribution in [2.45, 2.75) is 108 Å². The first kappa shape index (κ1) is 60.1. The Morgan fingerprint density at radius 3 is 1.94 bits per heavy atom. The zero-order valence-corrected chi connectivity index (χ0v) is 40.5. The lowest BCUT2D eigenvalue weighted by atomic mass is 9.86. The number of amides is 6. The highest BCUT2D eigenvalue weighted by Gasteiger charge is 2.46. The molecule has 0 aromatic heterocycles. The average Bonchev–Trinajstić information content (AvgIpc) is 4.01. The van der Waals surface area contributed by atoms with Crippen LogP contribution in [0, 0.1) is 17.2 Å². The Labute approximate surface area is 406 Å². The molecule has 1 aliphatic heterocycles. The van der Waals surface area contributed by atoms with Gasteiger partial charge in [0.2, 0.25) is 35.4 Å². The molecule has 69 heavy (non-hydrogen) atoms. The SMILES string of the molecule is CC(=O)SCC(=O)NCCOCCOCC(=O)NCCOCCOCC(=O)N[C@H](C(=O)N[C@@H](CCCCN)C(=O)N1CCC[C@H]1C(=O)C1CCC[C@H]1C(=O)N[C@@H](CCCNC(=N)N)C(=O)O)[C@@H](C)O. The number of carboxylic acids is 1. The van der Waals surface area contributed by atoms with Gasteiger partial charge in [0.1, 0.15) is 31.3 Å². The number of aliphatic hydroxyl groups is 1. The van der Waals surface area contributed by atoms with Crippen LogP contribution in [0.25, 0.3) is 0 Å². The van der Waals surface area contributed by atoms with Gasteiger partial charge in [-0.25, -0.2) is 4.79 Å². The molecule has 13 N–H and O–H groups in total. The van der Waals surface area contributed by atoms with Crippen LogP contribution in [0.5, 0.6) is 0 Å². The van der Waals surface area contributed by atoms with Gasteiger partial charge in [-0.15, -0.1) is 0 Å². The number of thioether (sulfide) groups is 1. The van der Waals surface area contributed by atoms with E-state index in [4.69, 9.17) is 35.8 Å². The molecule has 0 aromatic rings. The van der Waals surface area contributed by atoms with Crippen LogP contribution in [0.2, 0.25) is 0 Å². The van der Waals surface area contributed by atoms with Crippen LogP contribution in [0.15, 0.2) is 0 Å². The third kappa shape index (κ3) is 24.4. The molecule has 1 unspecified atom stereocenters. The van der Waals surface area contributed by atoms with Gasteiger partial charge in [0.15, 0.2) is 16.9 Å². The van der Waals surface area contributed by atoms with E-state index in [1.54, 1.807) is 0 Å². The summed E-state index contributed by atoms with van der Waals surface area (Å²) in [6.45, 7) is 4.02. The Kier molecular flexibility index (Phi) is 29.9. The van der Waals surface area contributed by atoms with Crippen molar-refractivity contribution in [1.29, 1.82) is 5.41 Å². The summed E-state index contributed by atoms with van der Waals surface area (Å²) in [6, 6.07) is -4.71. The topological polar surface area (TPSA) is 382 Å². The molecule has 0 bridgehead atoms. The van der Waals surface area contributed by atoms with Gasteiger partial charge in [0, 0.05) is 44.9 Å². The number of nitrogens with one attached hydrogen (secondary N) is 7. The minimum atomic E-state index is -1.47. The molecular formula is C43H74N10O15S. The lowest BCUT2D eigenvalue weighted by molar-refractivity contribution is -0.145. The Morgan fingerprint density at radius 2 is 1.33 bits per heavy atom. The summed E-state index contributed by atoms with van der Waals surface area (Å²) in [7, 11) is 0. The molecule has 392 valence electrons. The molecule has 2 rings (SSSR count). The summed E-state index contributed by atoms with van der Waals surface area (Å²) in [6.07, 6.45) is 2.23. The van der Waals surface area contributed by atoms with Crippen LogP contribution < -0.4 is 43.4 Å². The van der Waals surface area contributed by atoms with Crippen LogP contribution in [0.1, 0.15) is 78.1 Å². The van der Waals surface area contributed by atoms with Crippen LogP contribution in [0.3, 0.4) is 0 Å². The van der Waals surface area contributed by atoms with E-state index in [0.717, 1.165) is 11.8 Å². The second-order valence-electron chi connectivity index (χ2n) is 16.6. The number of carboxylic acid groups (broad SMARTS) is 1.